The highest BCUT2D eigenvalue weighted by Gasteiger charge is 2.31. The number of rotatable bonds is 7. The SMILES string of the molecule is C#CCOc1ccc([C@H]2CC(=O)Nc3nc(SCc4ccccc4Cl)[nH]c(=O)c32)cc1OC. The number of benzene rings is 2. The van der Waals surface area contributed by atoms with Crippen LogP contribution in [0.2, 0.25) is 5.02 Å². The van der Waals surface area contributed by atoms with Crippen LogP contribution in [-0.2, 0) is 10.5 Å². The van der Waals surface area contributed by atoms with Crippen LogP contribution in [0.1, 0.15) is 29.0 Å². The Labute approximate surface area is 199 Å². The fourth-order valence-corrected chi connectivity index (χ4v) is 4.75. The Balaban J connectivity index is 1.65. The largest absolute Gasteiger partial charge is 0.493 e. The van der Waals surface area contributed by atoms with E-state index in [0.717, 1.165) is 11.1 Å². The van der Waals surface area contributed by atoms with E-state index in [2.05, 4.69) is 21.2 Å². The standard InChI is InChI=1S/C24H20ClN3O4S/c1-3-10-32-18-9-8-14(11-19(18)31-2)16-12-20(29)26-22-21(16)23(30)28-24(27-22)33-13-15-6-4-5-7-17(15)25/h1,4-9,11,16H,10,12-13H2,2H3,(H2,26,27,28,29,30)/t16-/m1/s1. The number of aromatic amines is 1. The van der Waals surface area contributed by atoms with Gasteiger partial charge in [0.15, 0.2) is 16.7 Å². The zero-order valence-corrected chi connectivity index (χ0v) is 19.3. The van der Waals surface area contributed by atoms with E-state index >= 15 is 0 Å². The molecule has 33 heavy (non-hydrogen) atoms. The van der Waals surface area contributed by atoms with Crippen molar-refractivity contribution in [3.63, 3.8) is 0 Å². The van der Waals surface area contributed by atoms with E-state index in [1.54, 1.807) is 18.2 Å². The third kappa shape index (κ3) is 5.00. The van der Waals surface area contributed by atoms with Crippen LogP contribution in [0.25, 0.3) is 0 Å². The highest BCUT2D eigenvalue weighted by atomic mass is 35.5. The fourth-order valence-electron chi connectivity index (χ4n) is 3.60. The molecule has 1 aliphatic rings. The van der Waals surface area contributed by atoms with Crippen molar-refractivity contribution in [2.24, 2.45) is 0 Å². The van der Waals surface area contributed by atoms with Crippen LogP contribution in [0.4, 0.5) is 5.82 Å². The number of amides is 1. The molecule has 1 atom stereocenters. The number of thioether (sulfide) groups is 1. The van der Waals surface area contributed by atoms with E-state index in [1.165, 1.54) is 18.9 Å². The first-order valence-electron chi connectivity index (χ1n) is 10.0. The molecule has 9 heteroatoms. The monoisotopic (exact) mass is 481 g/mol. The van der Waals surface area contributed by atoms with Gasteiger partial charge in [-0.1, -0.05) is 53.5 Å². The molecule has 0 bridgehead atoms. The molecule has 168 valence electrons. The number of hydrogen-bond acceptors (Lipinski definition) is 6. The van der Waals surface area contributed by atoms with E-state index in [4.69, 9.17) is 27.5 Å². The predicted molar refractivity (Wildman–Crippen MR) is 128 cm³/mol. The summed E-state index contributed by atoms with van der Waals surface area (Å²) in [4.78, 5) is 32.8. The Morgan fingerprint density at radius 3 is 2.82 bits per heavy atom. The fraction of sp³-hybridized carbons (Fsp3) is 0.208. The van der Waals surface area contributed by atoms with Crippen molar-refractivity contribution in [3.05, 3.63) is 74.5 Å². The number of carbonyl (C=O) groups is 1. The van der Waals surface area contributed by atoms with Crippen LogP contribution in [0.3, 0.4) is 0 Å². The summed E-state index contributed by atoms with van der Waals surface area (Å²) in [5.74, 6) is 3.43. The summed E-state index contributed by atoms with van der Waals surface area (Å²) >= 11 is 7.55. The number of nitrogens with one attached hydrogen (secondary N) is 2. The van der Waals surface area contributed by atoms with Crippen molar-refractivity contribution in [1.82, 2.24) is 9.97 Å². The zero-order chi connectivity index (χ0) is 23.4. The highest BCUT2D eigenvalue weighted by molar-refractivity contribution is 7.98. The van der Waals surface area contributed by atoms with Gasteiger partial charge in [0, 0.05) is 23.1 Å². The molecule has 0 aliphatic carbocycles. The Kier molecular flexibility index (Phi) is 6.92. The number of methoxy groups -OCH3 is 1. The molecule has 4 rings (SSSR count). The van der Waals surface area contributed by atoms with Gasteiger partial charge in [0.1, 0.15) is 12.4 Å². The molecule has 0 unspecified atom stereocenters. The van der Waals surface area contributed by atoms with Crippen LogP contribution in [0.5, 0.6) is 11.5 Å². The number of carbonyl (C=O) groups excluding carboxylic acids is 1. The van der Waals surface area contributed by atoms with Gasteiger partial charge in [-0.15, -0.1) is 6.42 Å². The molecule has 0 spiro atoms. The Morgan fingerprint density at radius 1 is 1.24 bits per heavy atom. The van der Waals surface area contributed by atoms with Crippen molar-refractivity contribution in [2.75, 3.05) is 19.0 Å². The first-order chi connectivity index (χ1) is 16.0. The van der Waals surface area contributed by atoms with Gasteiger partial charge in [0.2, 0.25) is 5.91 Å². The summed E-state index contributed by atoms with van der Waals surface area (Å²) < 4.78 is 10.9. The molecule has 0 saturated heterocycles. The van der Waals surface area contributed by atoms with E-state index in [9.17, 15) is 9.59 Å². The number of ether oxygens (including phenoxy) is 2. The zero-order valence-electron chi connectivity index (χ0n) is 17.7. The number of hydrogen-bond donors (Lipinski definition) is 2. The Bertz CT molecular complexity index is 1300. The third-order valence-corrected chi connectivity index (χ3v) is 6.44. The molecule has 2 aromatic carbocycles. The van der Waals surface area contributed by atoms with Crippen molar-refractivity contribution < 1.29 is 14.3 Å². The summed E-state index contributed by atoms with van der Waals surface area (Å²) in [5, 5.41) is 3.77. The molecule has 1 amide bonds. The third-order valence-electron chi connectivity index (χ3n) is 5.15. The van der Waals surface area contributed by atoms with E-state index in [-0.39, 0.29) is 30.3 Å². The van der Waals surface area contributed by atoms with E-state index in [0.29, 0.717) is 33.0 Å². The van der Waals surface area contributed by atoms with E-state index < -0.39 is 5.92 Å². The number of halogens is 1. The van der Waals surface area contributed by atoms with Gasteiger partial charge in [0.25, 0.3) is 5.56 Å². The molecule has 0 saturated carbocycles. The number of aromatic nitrogens is 2. The molecule has 7 nitrogen and oxygen atoms in total. The summed E-state index contributed by atoms with van der Waals surface area (Å²) in [7, 11) is 1.51. The molecule has 3 aromatic rings. The second-order valence-corrected chi connectivity index (χ2v) is 8.59. The first-order valence-corrected chi connectivity index (χ1v) is 11.4. The minimum absolute atomic E-state index is 0.0998. The maximum absolute atomic E-state index is 13.1. The first kappa shape index (κ1) is 22.8. The summed E-state index contributed by atoms with van der Waals surface area (Å²) in [6.07, 6.45) is 5.37. The highest BCUT2D eigenvalue weighted by Crippen LogP contribution is 2.38. The van der Waals surface area contributed by atoms with Gasteiger partial charge < -0.3 is 19.8 Å². The molecule has 0 radical (unpaired) electrons. The van der Waals surface area contributed by atoms with Gasteiger partial charge in [-0.2, -0.15) is 0 Å². The number of nitrogens with zero attached hydrogens (tertiary/aromatic N) is 1. The van der Waals surface area contributed by atoms with Gasteiger partial charge in [-0.05, 0) is 29.3 Å². The Hall–Kier alpha value is -3.41. The molecule has 2 heterocycles. The Morgan fingerprint density at radius 2 is 2.06 bits per heavy atom. The lowest BCUT2D eigenvalue weighted by molar-refractivity contribution is -0.116. The molecule has 2 N–H and O–H groups in total. The molecule has 1 aromatic heterocycles. The lowest BCUT2D eigenvalue weighted by Crippen LogP contribution is -2.31. The maximum atomic E-state index is 13.1. The van der Waals surface area contributed by atoms with E-state index in [1.807, 2.05) is 24.3 Å². The lowest BCUT2D eigenvalue weighted by atomic mass is 9.86. The minimum atomic E-state index is -0.483. The molecular weight excluding hydrogens is 462 g/mol. The van der Waals surface area contributed by atoms with Gasteiger partial charge in [-0.3, -0.25) is 9.59 Å². The normalized spacial score (nSPS) is 14.7. The van der Waals surface area contributed by atoms with Crippen molar-refractivity contribution in [2.45, 2.75) is 23.2 Å². The van der Waals surface area contributed by atoms with Crippen molar-refractivity contribution in [3.8, 4) is 23.8 Å². The molecule has 0 fully saturated rings. The van der Waals surface area contributed by atoms with Crippen LogP contribution in [-0.4, -0.2) is 29.6 Å². The van der Waals surface area contributed by atoms with Gasteiger partial charge in [0.05, 0.1) is 12.7 Å². The second-order valence-electron chi connectivity index (χ2n) is 7.22. The van der Waals surface area contributed by atoms with Gasteiger partial charge in [-0.25, -0.2) is 4.98 Å². The number of H-pyrrole nitrogens is 1. The quantitative estimate of drug-likeness (QED) is 0.298. The summed E-state index contributed by atoms with van der Waals surface area (Å²) in [6, 6.07) is 12.7. The summed E-state index contributed by atoms with van der Waals surface area (Å²) in [6.45, 7) is 0.0998. The minimum Gasteiger partial charge on any atom is -0.493 e. The maximum Gasteiger partial charge on any atom is 0.257 e. The average molecular weight is 482 g/mol. The summed E-state index contributed by atoms with van der Waals surface area (Å²) in [5.41, 5.74) is 1.75. The molecule has 1 aliphatic heterocycles. The van der Waals surface area contributed by atoms with Crippen molar-refractivity contribution >= 4 is 35.1 Å². The average Bonchev–Trinajstić information content (AvgIpc) is 2.81. The smallest absolute Gasteiger partial charge is 0.257 e. The lowest BCUT2D eigenvalue weighted by Gasteiger charge is -2.25. The predicted octanol–water partition coefficient (Wildman–Crippen LogP) is 4.21. The van der Waals surface area contributed by atoms with Crippen LogP contribution < -0.4 is 20.3 Å². The van der Waals surface area contributed by atoms with Crippen LogP contribution >= 0.6 is 23.4 Å². The number of fused-ring (bicyclic) bond motifs is 1. The van der Waals surface area contributed by atoms with Gasteiger partial charge >= 0.3 is 0 Å². The number of terminal acetylenes is 1. The number of anilines is 1. The van der Waals surface area contributed by atoms with Crippen LogP contribution in [0.15, 0.2) is 52.4 Å². The second kappa shape index (κ2) is 10.0. The topological polar surface area (TPSA) is 93.3 Å². The van der Waals surface area contributed by atoms with Crippen molar-refractivity contribution in [1.29, 1.82) is 0 Å². The van der Waals surface area contributed by atoms with Crippen LogP contribution in [0, 0.1) is 12.3 Å². The molecular formula is C24H20ClN3O4S.